The number of hydrogen-bond donors (Lipinski definition) is 1. The number of nitrogens with zero attached hydrogens (tertiary/aromatic N) is 2. The lowest BCUT2D eigenvalue weighted by atomic mass is 10.0. The Labute approximate surface area is 152 Å². The first-order valence-electron chi connectivity index (χ1n) is 8.54. The molecule has 4 aromatic rings. The molecule has 0 spiro atoms. The predicted molar refractivity (Wildman–Crippen MR) is 103 cm³/mol. The van der Waals surface area contributed by atoms with Crippen LogP contribution in [0.4, 0.5) is 0 Å². The van der Waals surface area contributed by atoms with Gasteiger partial charge in [-0.1, -0.05) is 42.5 Å². The number of pyridine rings is 1. The second kappa shape index (κ2) is 6.84. The van der Waals surface area contributed by atoms with Gasteiger partial charge in [0, 0.05) is 30.5 Å². The molecule has 0 fully saturated rings. The molecule has 4 heteroatoms. The van der Waals surface area contributed by atoms with Gasteiger partial charge in [0.05, 0.1) is 11.7 Å². The highest BCUT2D eigenvalue weighted by molar-refractivity contribution is 5.98. The maximum absolute atomic E-state index is 13.2. The van der Waals surface area contributed by atoms with Gasteiger partial charge in [-0.25, -0.2) is 0 Å². The van der Waals surface area contributed by atoms with E-state index >= 15 is 0 Å². The topological polar surface area (TPSA) is 49.0 Å². The summed E-state index contributed by atoms with van der Waals surface area (Å²) in [5.41, 5.74) is 3.48. The number of amides is 1. The first kappa shape index (κ1) is 16.1. The fourth-order valence-electron chi connectivity index (χ4n) is 3.27. The van der Waals surface area contributed by atoms with E-state index in [1.807, 2.05) is 86.0 Å². The molecule has 0 aliphatic heterocycles. The lowest BCUT2D eigenvalue weighted by Crippen LogP contribution is -2.32. The summed E-state index contributed by atoms with van der Waals surface area (Å²) in [5.74, 6) is -0.0407. The van der Waals surface area contributed by atoms with Crippen LogP contribution in [0.5, 0.6) is 0 Å². The number of H-pyrrole nitrogens is 1. The Morgan fingerprint density at radius 1 is 1.00 bits per heavy atom. The number of hydrogen-bond acceptors (Lipinski definition) is 2. The number of benzene rings is 2. The maximum atomic E-state index is 13.2. The Bertz CT molecular complexity index is 985. The van der Waals surface area contributed by atoms with E-state index in [4.69, 9.17) is 0 Å². The van der Waals surface area contributed by atoms with Gasteiger partial charge in [-0.15, -0.1) is 0 Å². The van der Waals surface area contributed by atoms with Crippen LogP contribution >= 0.6 is 0 Å². The Morgan fingerprint density at radius 3 is 2.58 bits per heavy atom. The highest BCUT2D eigenvalue weighted by atomic mass is 16.2. The van der Waals surface area contributed by atoms with Gasteiger partial charge in [-0.05, 0) is 41.3 Å². The van der Waals surface area contributed by atoms with Gasteiger partial charge < -0.3 is 9.88 Å². The molecule has 0 saturated heterocycles. The van der Waals surface area contributed by atoms with Crippen molar-refractivity contribution in [2.24, 2.45) is 0 Å². The van der Waals surface area contributed by atoms with E-state index in [0.29, 0.717) is 5.56 Å². The van der Waals surface area contributed by atoms with Crippen LogP contribution in [0.3, 0.4) is 0 Å². The molecule has 0 radical (unpaired) electrons. The lowest BCUT2D eigenvalue weighted by Gasteiger charge is -2.28. The highest BCUT2D eigenvalue weighted by Gasteiger charge is 2.25. The predicted octanol–water partition coefficient (Wildman–Crippen LogP) is 4.42. The van der Waals surface area contributed by atoms with E-state index in [0.717, 1.165) is 22.2 Å². The van der Waals surface area contributed by atoms with Crippen molar-refractivity contribution in [3.63, 3.8) is 0 Å². The number of nitrogens with one attached hydrogen (secondary N) is 1. The highest BCUT2D eigenvalue weighted by Crippen LogP contribution is 2.28. The number of rotatable bonds is 4. The molecule has 2 heterocycles. The van der Waals surface area contributed by atoms with Crippen molar-refractivity contribution in [2.45, 2.75) is 6.04 Å². The molecule has 0 unspecified atom stereocenters. The molecule has 0 aliphatic carbocycles. The third kappa shape index (κ3) is 2.97. The minimum atomic E-state index is -0.246. The Hall–Kier alpha value is -3.40. The number of carbonyl (C=O) groups is 1. The van der Waals surface area contributed by atoms with Crippen molar-refractivity contribution in [1.29, 1.82) is 0 Å². The van der Waals surface area contributed by atoms with Gasteiger partial charge in [0.2, 0.25) is 0 Å². The quantitative estimate of drug-likeness (QED) is 0.597. The molecule has 4 nitrogen and oxygen atoms in total. The molecule has 1 N–H and O–H groups in total. The van der Waals surface area contributed by atoms with Crippen LogP contribution in [0.15, 0.2) is 85.2 Å². The van der Waals surface area contributed by atoms with E-state index in [9.17, 15) is 4.79 Å². The third-order valence-electron chi connectivity index (χ3n) is 4.59. The van der Waals surface area contributed by atoms with Gasteiger partial charge in [-0.3, -0.25) is 9.78 Å². The Morgan fingerprint density at radius 2 is 1.81 bits per heavy atom. The molecule has 4 rings (SSSR count). The number of aromatic amines is 1. The van der Waals surface area contributed by atoms with Crippen LogP contribution in [0.1, 0.15) is 27.7 Å². The smallest absolute Gasteiger partial charge is 0.254 e. The average molecular weight is 341 g/mol. The van der Waals surface area contributed by atoms with Crippen molar-refractivity contribution in [2.75, 3.05) is 7.05 Å². The van der Waals surface area contributed by atoms with Crippen molar-refractivity contribution in [3.8, 4) is 0 Å². The summed E-state index contributed by atoms with van der Waals surface area (Å²) in [6.45, 7) is 0. The molecule has 1 amide bonds. The minimum Gasteiger partial charge on any atom is -0.361 e. The molecule has 128 valence electrons. The van der Waals surface area contributed by atoms with Gasteiger partial charge in [0.15, 0.2) is 0 Å². The fourth-order valence-corrected chi connectivity index (χ4v) is 3.27. The lowest BCUT2D eigenvalue weighted by molar-refractivity contribution is 0.0753. The van der Waals surface area contributed by atoms with Crippen LogP contribution < -0.4 is 0 Å². The van der Waals surface area contributed by atoms with Crippen molar-refractivity contribution >= 4 is 16.8 Å². The van der Waals surface area contributed by atoms with Crippen molar-refractivity contribution in [3.05, 3.63) is 102 Å². The van der Waals surface area contributed by atoms with Crippen molar-refractivity contribution < 1.29 is 4.79 Å². The molecule has 1 atom stereocenters. The van der Waals surface area contributed by atoms with E-state index in [1.165, 1.54) is 0 Å². The SMILES string of the molecule is CN(C(=O)c1ccc2cc[nH]c2c1)[C@@H](c1ccccc1)c1ccccn1. The van der Waals surface area contributed by atoms with Crippen LogP contribution in [0.2, 0.25) is 0 Å². The summed E-state index contributed by atoms with van der Waals surface area (Å²) in [6.07, 6.45) is 3.64. The van der Waals surface area contributed by atoms with E-state index in [-0.39, 0.29) is 11.9 Å². The van der Waals surface area contributed by atoms with Crippen LogP contribution in [0.25, 0.3) is 10.9 Å². The summed E-state index contributed by atoms with van der Waals surface area (Å²) >= 11 is 0. The van der Waals surface area contributed by atoms with Crippen LogP contribution in [-0.4, -0.2) is 27.8 Å². The standard InChI is InChI=1S/C22H19N3O/c1-25(22(26)18-11-10-16-12-14-24-20(16)15-18)21(17-7-3-2-4-8-17)19-9-5-6-13-23-19/h2-15,21,24H,1H3/t21-/m0/s1. The maximum Gasteiger partial charge on any atom is 0.254 e. The summed E-state index contributed by atoms with van der Waals surface area (Å²) in [5, 5.41) is 1.09. The van der Waals surface area contributed by atoms with E-state index in [1.54, 1.807) is 11.1 Å². The molecule has 0 saturated carbocycles. The van der Waals surface area contributed by atoms with E-state index < -0.39 is 0 Å². The molecule has 2 aromatic heterocycles. The second-order valence-corrected chi connectivity index (χ2v) is 6.26. The summed E-state index contributed by atoms with van der Waals surface area (Å²) in [4.78, 5) is 22.6. The number of carbonyl (C=O) groups excluding carboxylic acids is 1. The fraction of sp³-hybridized carbons (Fsp3) is 0.0909. The van der Waals surface area contributed by atoms with Crippen LogP contribution in [-0.2, 0) is 0 Å². The normalized spacial score (nSPS) is 12.0. The molecule has 0 bridgehead atoms. The zero-order valence-corrected chi connectivity index (χ0v) is 14.5. The molecule has 0 aliphatic rings. The first-order chi connectivity index (χ1) is 12.7. The molecule has 26 heavy (non-hydrogen) atoms. The summed E-state index contributed by atoms with van der Waals surface area (Å²) < 4.78 is 0. The number of aromatic nitrogens is 2. The van der Waals surface area contributed by atoms with Gasteiger partial charge >= 0.3 is 0 Å². The first-order valence-corrected chi connectivity index (χ1v) is 8.54. The van der Waals surface area contributed by atoms with E-state index in [2.05, 4.69) is 9.97 Å². The van der Waals surface area contributed by atoms with Gasteiger partial charge in [-0.2, -0.15) is 0 Å². The largest absolute Gasteiger partial charge is 0.361 e. The molecular weight excluding hydrogens is 322 g/mol. The summed E-state index contributed by atoms with van der Waals surface area (Å²) in [6, 6.07) is 23.2. The van der Waals surface area contributed by atoms with Crippen molar-refractivity contribution in [1.82, 2.24) is 14.9 Å². The Balaban J connectivity index is 1.74. The summed E-state index contributed by atoms with van der Waals surface area (Å²) in [7, 11) is 1.83. The Kier molecular flexibility index (Phi) is 4.23. The third-order valence-corrected chi connectivity index (χ3v) is 4.59. The zero-order chi connectivity index (χ0) is 17.9. The zero-order valence-electron chi connectivity index (χ0n) is 14.5. The van der Waals surface area contributed by atoms with Gasteiger partial charge in [0.1, 0.15) is 0 Å². The molecular formula is C22H19N3O. The monoisotopic (exact) mass is 341 g/mol. The molecule has 2 aromatic carbocycles. The van der Waals surface area contributed by atoms with Crippen LogP contribution in [0, 0.1) is 0 Å². The second-order valence-electron chi connectivity index (χ2n) is 6.26. The average Bonchev–Trinajstić information content (AvgIpc) is 3.17. The van der Waals surface area contributed by atoms with Gasteiger partial charge in [0.25, 0.3) is 5.91 Å². The number of fused-ring (bicyclic) bond motifs is 1. The minimum absolute atomic E-state index is 0.0407.